The van der Waals surface area contributed by atoms with Crippen molar-refractivity contribution in [2.24, 2.45) is 0 Å². The summed E-state index contributed by atoms with van der Waals surface area (Å²) in [6.07, 6.45) is 0. The van der Waals surface area contributed by atoms with Crippen LogP contribution < -0.4 is 30.1 Å². The molecule has 0 unspecified atom stereocenters. The molecule has 0 aromatic carbocycles. The standard InChI is InChI=1S/2BO3.Mo.H4Si/c2*2-1(3)4;;/h;;;1H4/q2*-3;;. The predicted molar refractivity (Wildman–Crippen MR) is 22.8 cm³/mol. The van der Waals surface area contributed by atoms with Crippen LogP contribution >= 0.6 is 0 Å². The van der Waals surface area contributed by atoms with Gasteiger partial charge in [-0.15, -0.1) is 0 Å². The Morgan fingerprint density at radius 2 is 0.600 bits per heavy atom. The second kappa shape index (κ2) is 16.4. The average molecular weight is 246 g/mol. The van der Waals surface area contributed by atoms with E-state index in [0.29, 0.717) is 0 Å². The van der Waals surface area contributed by atoms with Crippen LogP contribution in [0.25, 0.3) is 0 Å². The first kappa shape index (κ1) is 22.4. The Morgan fingerprint density at radius 3 is 0.600 bits per heavy atom. The first-order valence-corrected chi connectivity index (χ1v) is 1.41. The van der Waals surface area contributed by atoms with Crippen LogP contribution in [0.2, 0.25) is 0 Å². The van der Waals surface area contributed by atoms with Crippen molar-refractivity contribution in [2.45, 2.75) is 0 Å². The zero-order valence-corrected chi connectivity index (χ0v) is 6.02. The minimum absolute atomic E-state index is 0. The number of hydrogen-bond donors (Lipinski definition) is 0. The van der Waals surface area contributed by atoms with E-state index in [2.05, 4.69) is 0 Å². The SMILES string of the molecule is [Mo].[O-]B([O-])[O-].[O-]B([O-])[O-].[SiH4]. The second-order valence-corrected chi connectivity index (χ2v) is 0.577. The molecule has 0 aliphatic carbocycles. The first-order valence-electron chi connectivity index (χ1n) is 1.41. The van der Waals surface area contributed by atoms with Gasteiger partial charge in [0.25, 0.3) is 0 Å². The third-order valence-corrected chi connectivity index (χ3v) is 0. The zero-order chi connectivity index (χ0) is 7.15. The van der Waals surface area contributed by atoms with Gasteiger partial charge in [0.2, 0.25) is 0 Å². The summed E-state index contributed by atoms with van der Waals surface area (Å²) in [4.78, 5) is 0. The summed E-state index contributed by atoms with van der Waals surface area (Å²) in [7, 11) is -5.83. The summed E-state index contributed by atoms with van der Waals surface area (Å²) < 4.78 is 0. The molecule has 0 saturated heterocycles. The van der Waals surface area contributed by atoms with Gasteiger partial charge in [-0.05, 0) is 11.0 Å². The van der Waals surface area contributed by atoms with E-state index in [0.717, 1.165) is 0 Å². The van der Waals surface area contributed by atoms with Crippen molar-refractivity contribution < 1.29 is 51.2 Å². The van der Waals surface area contributed by atoms with E-state index in [4.69, 9.17) is 30.1 Å². The molecule has 0 bridgehead atoms. The molecule has 0 radical (unpaired) electrons. The van der Waals surface area contributed by atoms with Crippen LogP contribution in [0, 0.1) is 0 Å². The van der Waals surface area contributed by atoms with E-state index in [1.54, 1.807) is 0 Å². The summed E-state index contributed by atoms with van der Waals surface area (Å²) in [5, 5.41) is 50.5. The van der Waals surface area contributed by atoms with E-state index in [1.165, 1.54) is 0 Å². The quantitative estimate of drug-likeness (QED) is 0.388. The van der Waals surface area contributed by atoms with Crippen molar-refractivity contribution in [3.63, 3.8) is 0 Å². The van der Waals surface area contributed by atoms with Crippen LogP contribution in [0.15, 0.2) is 0 Å². The van der Waals surface area contributed by atoms with Gasteiger partial charge in [0.1, 0.15) is 0 Å². The number of hydrogen-bond acceptors (Lipinski definition) is 6. The summed E-state index contributed by atoms with van der Waals surface area (Å²) in [5.41, 5.74) is 0. The fourth-order valence-corrected chi connectivity index (χ4v) is 0. The molecule has 0 rings (SSSR count). The third kappa shape index (κ3) is 845. The van der Waals surface area contributed by atoms with Gasteiger partial charge in [0.15, 0.2) is 0 Å². The Morgan fingerprint density at radius 1 is 0.600 bits per heavy atom. The van der Waals surface area contributed by atoms with E-state index < -0.39 is 14.6 Å². The zero-order valence-electron chi connectivity index (χ0n) is 4.01. The predicted octanol–water partition coefficient (Wildman–Crippen LogP) is -9.35. The van der Waals surface area contributed by atoms with Crippen LogP contribution in [0.4, 0.5) is 0 Å². The fraction of sp³-hybridized carbons (Fsp3) is 0. The van der Waals surface area contributed by atoms with E-state index >= 15 is 0 Å². The van der Waals surface area contributed by atoms with Crippen molar-refractivity contribution in [1.82, 2.24) is 0 Å². The molecule has 62 valence electrons. The Labute approximate surface area is 77.2 Å². The van der Waals surface area contributed by atoms with Crippen LogP contribution in [-0.2, 0) is 21.1 Å². The smallest absolute Gasteiger partial charge is 0 e. The van der Waals surface area contributed by atoms with Gasteiger partial charge < -0.3 is 30.1 Å². The molecular weight excluding hydrogens is 242 g/mol. The molecular formula is H4B2MoO6Si-6. The summed E-state index contributed by atoms with van der Waals surface area (Å²) in [5.74, 6) is 0. The van der Waals surface area contributed by atoms with Crippen LogP contribution in [0.3, 0.4) is 0 Å². The Bertz CT molecular complexity index is 31.2. The van der Waals surface area contributed by atoms with Crippen molar-refractivity contribution in [1.29, 1.82) is 0 Å². The Kier molecular flexibility index (Phi) is 36.8. The van der Waals surface area contributed by atoms with Crippen LogP contribution in [0.1, 0.15) is 0 Å². The molecule has 0 atom stereocenters. The molecule has 0 amide bonds. The molecule has 10 heteroatoms. The molecule has 10 heavy (non-hydrogen) atoms. The van der Waals surface area contributed by atoms with Gasteiger partial charge in [-0.3, -0.25) is 14.6 Å². The maximum Gasteiger partial charge on any atom is 0 e. The molecule has 0 saturated carbocycles. The van der Waals surface area contributed by atoms with Crippen molar-refractivity contribution >= 4 is 25.6 Å². The molecule has 0 aliphatic heterocycles. The summed E-state index contributed by atoms with van der Waals surface area (Å²) in [6, 6.07) is 0. The molecule has 0 aromatic heterocycles. The molecule has 0 N–H and O–H groups in total. The molecule has 0 fully saturated rings. The maximum atomic E-state index is 8.42. The minimum Gasteiger partial charge on any atom is -0.907 e. The maximum absolute atomic E-state index is 8.42. The van der Waals surface area contributed by atoms with Gasteiger partial charge >= 0.3 is 0 Å². The van der Waals surface area contributed by atoms with E-state index in [-0.39, 0.29) is 32.0 Å². The van der Waals surface area contributed by atoms with Gasteiger partial charge in [-0.1, -0.05) is 0 Å². The second-order valence-electron chi connectivity index (χ2n) is 0.577. The first-order chi connectivity index (χ1) is 3.46. The van der Waals surface area contributed by atoms with Crippen LogP contribution in [0.5, 0.6) is 0 Å². The molecule has 0 spiro atoms. The van der Waals surface area contributed by atoms with Crippen molar-refractivity contribution in [3.8, 4) is 0 Å². The largest absolute Gasteiger partial charge is 0.907 e. The monoisotopic (exact) mass is 248 g/mol. The minimum atomic E-state index is -2.92. The molecule has 6 nitrogen and oxygen atoms in total. The normalized spacial score (nSPS) is 5.40. The fourth-order valence-electron chi connectivity index (χ4n) is 0. The summed E-state index contributed by atoms with van der Waals surface area (Å²) in [6.45, 7) is 0. The number of rotatable bonds is 0. The van der Waals surface area contributed by atoms with Gasteiger partial charge in [-0.25, -0.2) is 0 Å². The van der Waals surface area contributed by atoms with Gasteiger partial charge in [0.05, 0.1) is 0 Å². The van der Waals surface area contributed by atoms with Crippen molar-refractivity contribution in [3.05, 3.63) is 0 Å². The van der Waals surface area contributed by atoms with Gasteiger partial charge in [0, 0.05) is 21.1 Å². The molecule has 0 aliphatic rings. The average Bonchev–Trinajstić information content (AvgIpc) is 1.25. The van der Waals surface area contributed by atoms with Gasteiger partial charge in [-0.2, -0.15) is 0 Å². The van der Waals surface area contributed by atoms with E-state index in [9.17, 15) is 0 Å². The van der Waals surface area contributed by atoms with Crippen LogP contribution in [-0.4, -0.2) is 25.6 Å². The molecule has 0 heterocycles. The topological polar surface area (TPSA) is 138 Å². The molecule has 0 aromatic rings. The third-order valence-electron chi connectivity index (χ3n) is 0. The summed E-state index contributed by atoms with van der Waals surface area (Å²) >= 11 is 0. The van der Waals surface area contributed by atoms with Crippen molar-refractivity contribution in [2.75, 3.05) is 0 Å². The Hall–Kier alpha value is 0.795. The van der Waals surface area contributed by atoms with E-state index in [1.807, 2.05) is 0 Å². The Balaban J connectivity index is -0.0000000300.